The van der Waals surface area contributed by atoms with Crippen molar-refractivity contribution in [3.63, 3.8) is 0 Å². The molecule has 14 heavy (non-hydrogen) atoms. The molecule has 1 aromatic rings. The zero-order valence-corrected chi connectivity index (χ0v) is 9.14. The number of hydrogen-bond acceptors (Lipinski definition) is 3. The van der Waals surface area contributed by atoms with Crippen LogP contribution in [0.3, 0.4) is 0 Å². The Hall–Kier alpha value is -0.900. The van der Waals surface area contributed by atoms with E-state index in [9.17, 15) is 5.11 Å². The van der Waals surface area contributed by atoms with Gasteiger partial charge in [-0.15, -0.1) is 0 Å². The lowest BCUT2D eigenvalue weighted by Gasteiger charge is -2.28. The van der Waals surface area contributed by atoms with E-state index in [4.69, 9.17) is 0 Å². The van der Waals surface area contributed by atoms with Crippen molar-refractivity contribution in [3.8, 4) is 0 Å². The second-order valence-corrected chi connectivity index (χ2v) is 4.27. The van der Waals surface area contributed by atoms with Crippen molar-refractivity contribution in [1.29, 1.82) is 0 Å². The van der Waals surface area contributed by atoms with E-state index in [1.807, 2.05) is 6.92 Å². The zero-order valence-electron chi connectivity index (χ0n) is 9.14. The Morgan fingerprint density at radius 3 is 2.64 bits per heavy atom. The van der Waals surface area contributed by atoms with Crippen LogP contribution in [0.15, 0.2) is 12.7 Å². The van der Waals surface area contributed by atoms with Crippen LogP contribution < -0.4 is 0 Å². The molecular weight excluding hydrogens is 178 g/mol. The highest BCUT2D eigenvalue weighted by molar-refractivity contribution is 4.78. The predicted molar refractivity (Wildman–Crippen MR) is 54.7 cm³/mol. The first-order chi connectivity index (χ1) is 6.56. The van der Waals surface area contributed by atoms with Gasteiger partial charge in [-0.05, 0) is 18.8 Å². The summed E-state index contributed by atoms with van der Waals surface area (Å²) in [7, 11) is 0. The zero-order chi connectivity index (χ0) is 10.6. The lowest BCUT2D eigenvalue weighted by atomic mass is 9.90. The molecule has 0 radical (unpaired) electrons. The first-order valence-electron chi connectivity index (χ1n) is 5.10. The van der Waals surface area contributed by atoms with Crippen LogP contribution in [0.1, 0.15) is 33.6 Å². The van der Waals surface area contributed by atoms with Crippen molar-refractivity contribution in [1.82, 2.24) is 14.8 Å². The van der Waals surface area contributed by atoms with Crippen LogP contribution in [0.25, 0.3) is 0 Å². The molecule has 1 N–H and O–H groups in total. The smallest absolute Gasteiger partial charge is 0.137 e. The SMILES string of the molecule is CCC(O)(CC(C)C)Cn1cncn1. The van der Waals surface area contributed by atoms with Crippen LogP contribution in [-0.2, 0) is 6.54 Å². The molecule has 1 unspecified atom stereocenters. The Morgan fingerprint density at radius 2 is 2.21 bits per heavy atom. The quantitative estimate of drug-likeness (QED) is 0.777. The number of rotatable bonds is 5. The number of nitrogens with zero attached hydrogens (tertiary/aromatic N) is 3. The maximum absolute atomic E-state index is 10.3. The van der Waals surface area contributed by atoms with Crippen LogP contribution in [0, 0.1) is 5.92 Å². The molecule has 0 saturated heterocycles. The van der Waals surface area contributed by atoms with Crippen molar-refractivity contribution in [2.75, 3.05) is 0 Å². The van der Waals surface area contributed by atoms with Gasteiger partial charge >= 0.3 is 0 Å². The monoisotopic (exact) mass is 197 g/mol. The first kappa shape index (κ1) is 11.2. The third-order valence-corrected chi connectivity index (χ3v) is 2.37. The van der Waals surface area contributed by atoms with Gasteiger partial charge in [0, 0.05) is 0 Å². The summed E-state index contributed by atoms with van der Waals surface area (Å²) in [6, 6.07) is 0. The number of aliphatic hydroxyl groups is 1. The van der Waals surface area contributed by atoms with Crippen molar-refractivity contribution in [3.05, 3.63) is 12.7 Å². The van der Waals surface area contributed by atoms with Gasteiger partial charge in [-0.2, -0.15) is 5.10 Å². The van der Waals surface area contributed by atoms with Crippen LogP contribution in [0.4, 0.5) is 0 Å². The van der Waals surface area contributed by atoms with Gasteiger partial charge in [0.05, 0.1) is 12.1 Å². The molecule has 1 heterocycles. The fraction of sp³-hybridized carbons (Fsp3) is 0.800. The van der Waals surface area contributed by atoms with E-state index in [0.717, 1.165) is 12.8 Å². The topological polar surface area (TPSA) is 50.9 Å². The molecule has 0 saturated carbocycles. The van der Waals surface area contributed by atoms with Crippen molar-refractivity contribution in [2.45, 2.75) is 45.8 Å². The predicted octanol–water partition coefficient (Wildman–Crippen LogP) is 1.47. The second-order valence-electron chi connectivity index (χ2n) is 4.27. The Morgan fingerprint density at radius 1 is 1.50 bits per heavy atom. The summed E-state index contributed by atoms with van der Waals surface area (Å²) in [5, 5.41) is 14.3. The summed E-state index contributed by atoms with van der Waals surface area (Å²) in [5.41, 5.74) is -0.651. The maximum atomic E-state index is 10.3. The molecule has 0 amide bonds. The summed E-state index contributed by atoms with van der Waals surface area (Å²) in [6.45, 7) is 6.75. The van der Waals surface area contributed by atoms with Crippen LogP contribution >= 0.6 is 0 Å². The number of hydrogen-bond donors (Lipinski definition) is 1. The molecule has 80 valence electrons. The average Bonchev–Trinajstić information content (AvgIpc) is 2.55. The Balaban J connectivity index is 2.61. The van der Waals surface area contributed by atoms with Crippen LogP contribution in [0.5, 0.6) is 0 Å². The molecule has 1 rings (SSSR count). The first-order valence-corrected chi connectivity index (χ1v) is 5.10. The molecule has 0 spiro atoms. The van der Waals surface area contributed by atoms with Gasteiger partial charge in [-0.3, -0.25) is 4.68 Å². The molecule has 0 aliphatic rings. The van der Waals surface area contributed by atoms with E-state index in [1.165, 1.54) is 6.33 Å². The number of aromatic nitrogens is 3. The second kappa shape index (κ2) is 4.55. The van der Waals surface area contributed by atoms with Gasteiger partial charge in [0.25, 0.3) is 0 Å². The minimum atomic E-state index is -0.651. The molecule has 0 aliphatic heterocycles. The largest absolute Gasteiger partial charge is 0.388 e. The highest BCUT2D eigenvalue weighted by atomic mass is 16.3. The van der Waals surface area contributed by atoms with Gasteiger partial charge in [0.15, 0.2) is 0 Å². The summed E-state index contributed by atoms with van der Waals surface area (Å²) < 4.78 is 1.69. The van der Waals surface area contributed by atoms with E-state index >= 15 is 0 Å². The van der Waals surface area contributed by atoms with Crippen molar-refractivity contribution in [2.24, 2.45) is 5.92 Å². The highest BCUT2D eigenvalue weighted by Gasteiger charge is 2.26. The molecule has 4 nitrogen and oxygen atoms in total. The van der Waals surface area contributed by atoms with Gasteiger partial charge in [0.2, 0.25) is 0 Å². The molecule has 4 heteroatoms. The van der Waals surface area contributed by atoms with E-state index in [0.29, 0.717) is 12.5 Å². The molecular formula is C10H19N3O. The highest BCUT2D eigenvalue weighted by Crippen LogP contribution is 2.22. The summed E-state index contributed by atoms with van der Waals surface area (Å²) >= 11 is 0. The van der Waals surface area contributed by atoms with Gasteiger partial charge in [-0.25, -0.2) is 4.98 Å². The van der Waals surface area contributed by atoms with Crippen molar-refractivity contribution >= 4 is 0 Å². The standard InChI is InChI=1S/C10H19N3O/c1-4-10(14,5-9(2)3)6-13-8-11-7-12-13/h7-9,14H,4-6H2,1-3H3. The van der Waals surface area contributed by atoms with E-state index in [-0.39, 0.29) is 0 Å². The third-order valence-electron chi connectivity index (χ3n) is 2.37. The molecule has 1 aromatic heterocycles. The van der Waals surface area contributed by atoms with E-state index < -0.39 is 5.60 Å². The molecule has 0 bridgehead atoms. The van der Waals surface area contributed by atoms with Crippen LogP contribution in [-0.4, -0.2) is 25.5 Å². The molecule has 0 fully saturated rings. The lowest BCUT2D eigenvalue weighted by Crippen LogP contribution is -2.35. The fourth-order valence-corrected chi connectivity index (χ4v) is 1.70. The van der Waals surface area contributed by atoms with Gasteiger partial charge < -0.3 is 5.11 Å². The summed E-state index contributed by atoms with van der Waals surface area (Å²) in [5.74, 6) is 0.489. The van der Waals surface area contributed by atoms with Gasteiger partial charge in [0.1, 0.15) is 12.7 Å². The van der Waals surface area contributed by atoms with Gasteiger partial charge in [-0.1, -0.05) is 20.8 Å². The Labute approximate surface area is 85.0 Å². The van der Waals surface area contributed by atoms with E-state index in [2.05, 4.69) is 23.9 Å². The Kier molecular flexibility index (Phi) is 3.63. The minimum absolute atomic E-state index is 0.489. The maximum Gasteiger partial charge on any atom is 0.137 e. The molecule has 0 aromatic carbocycles. The van der Waals surface area contributed by atoms with Crippen LogP contribution in [0.2, 0.25) is 0 Å². The molecule has 1 atom stereocenters. The lowest BCUT2D eigenvalue weighted by molar-refractivity contribution is -0.00348. The normalized spacial score (nSPS) is 15.8. The third kappa shape index (κ3) is 3.10. The van der Waals surface area contributed by atoms with Crippen molar-refractivity contribution < 1.29 is 5.11 Å². The Bertz CT molecular complexity index is 258. The summed E-state index contributed by atoms with van der Waals surface area (Å²) in [6.07, 6.45) is 4.67. The average molecular weight is 197 g/mol. The summed E-state index contributed by atoms with van der Waals surface area (Å²) in [4.78, 5) is 3.86. The minimum Gasteiger partial charge on any atom is -0.388 e. The molecule has 0 aliphatic carbocycles. The van der Waals surface area contributed by atoms with E-state index in [1.54, 1.807) is 11.0 Å². The fourth-order valence-electron chi connectivity index (χ4n) is 1.70.